The molecule has 228 valence electrons. The molecule has 0 saturated carbocycles. The second-order valence-corrected chi connectivity index (χ2v) is 11.8. The Bertz CT molecular complexity index is 2330. The average Bonchev–Trinajstić information content (AvgIpc) is 3.91. The summed E-state index contributed by atoms with van der Waals surface area (Å²) in [5, 5.41) is 0. The van der Waals surface area contributed by atoms with Crippen molar-refractivity contribution >= 4 is 92.7 Å². The molecule has 9 heteroatoms. The van der Waals surface area contributed by atoms with E-state index in [1.807, 2.05) is 85.0 Å². The van der Waals surface area contributed by atoms with Crippen LogP contribution in [0.25, 0.3) is 92.7 Å². The van der Waals surface area contributed by atoms with Crippen molar-refractivity contribution in [1.29, 1.82) is 0 Å². The molecule has 6 aromatic rings. The number of nitrogens with one attached hydrogen (secondary N) is 4. The summed E-state index contributed by atoms with van der Waals surface area (Å²) < 4.78 is 0. The zero-order valence-corrected chi connectivity index (χ0v) is 29.3. The minimum atomic E-state index is 0. The molecule has 0 amide bonds. The second kappa shape index (κ2) is 12.8. The van der Waals surface area contributed by atoms with Crippen LogP contribution in [0.2, 0.25) is 0 Å². The Hall–Kier alpha value is -6.18. The van der Waals surface area contributed by atoms with Gasteiger partial charge in [0.25, 0.3) is 0 Å². The Morgan fingerprint density at radius 2 is 0.429 bits per heavy atom. The normalized spacial score (nSPS) is 12.4. The summed E-state index contributed by atoms with van der Waals surface area (Å²) in [6.45, 7) is 0. The number of aromatic nitrogens is 8. The summed E-state index contributed by atoms with van der Waals surface area (Å²) >= 11 is 0. The third kappa shape index (κ3) is 6.93. The fraction of sp³-hybridized carbons (Fsp3) is 0. The van der Waals surface area contributed by atoms with Gasteiger partial charge in [0, 0.05) is 44.1 Å². The topological polar surface area (TPSA) is 115 Å². The van der Waals surface area contributed by atoms with E-state index in [4.69, 9.17) is 0 Å². The van der Waals surface area contributed by atoms with Crippen molar-refractivity contribution in [3.63, 3.8) is 0 Å². The Labute approximate surface area is 293 Å². The minimum Gasteiger partial charge on any atom is -0.355 e. The Morgan fingerprint density at radius 3 is 0.653 bits per heavy atom. The van der Waals surface area contributed by atoms with Crippen molar-refractivity contribution in [1.82, 2.24) is 39.9 Å². The van der Waals surface area contributed by atoms with Crippen molar-refractivity contribution in [2.45, 2.75) is 0 Å². The standard InChI is InChI=1S/2C20H14N4.Zn/c2*1-2-14-10-16-5-6-18(23-16)12-20-8-7-19(24-20)11-17-4-3-15(22-17)9-13(1)21-14;/h2*1-12,21-22H;/q;;+2. The molecule has 6 aromatic heterocycles. The SMILES string of the molecule is C1=Cc2cc3ccc(cc4ccc(cc5nc(cc1n2)C=C5)[nH]4)[nH]3.C1=Cc2cc3ccc(cc4ccc(cc5nc(cc1n2)C=C5)[nH]4)[nH]3.[Zn+2]. The van der Waals surface area contributed by atoms with Gasteiger partial charge in [-0.3, -0.25) is 0 Å². The molecule has 16 bridgehead atoms. The smallest absolute Gasteiger partial charge is 0.355 e. The van der Waals surface area contributed by atoms with E-state index in [0.717, 1.165) is 89.7 Å². The molecule has 0 radical (unpaired) electrons. The first-order valence-corrected chi connectivity index (χ1v) is 15.7. The summed E-state index contributed by atoms with van der Waals surface area (Å²) in [5.41, 5.74) is 15.7. The van der Waals surface area contributed by atoms with Gasteiger partial charge >= 0.3 is 19.5 Å². The maximum absolute atomic E-state index is 4.62. The zero-order valence-electron chi connectivity index (χ0n) is 26.4. The number of hydrogen-bond donors (Lipinski definition) is 4. The van der Waals surface area contributed by atoms with Crippen LogP contribution in [0.5, 0.6) is 0 Å². The first kappa shape index (κ1) is 30.2. The molecule has 49 heavy (non-hydrogen) atoms. The van der Waals surface area contributed by atoms with E-state index in [2.05, 4.69) is 101 Å². The maximum atomic E-state index is 4.62. The summed E-state index contributed by atoms with van der Waals surface area (Å²) in [4.78, 5) is 32.0. The fourth-order valence-electron chi connectivity index (χ4n) is 5.89. The van der Waals surface area contributed by atoms with Crippen molar-refractivity contribution < 1.29 is 19.5 Å². The van der Waals surface area contributed by atoms with Crippen molar-refractivity contribution in [3.8, 4) is 0 Å². The van der Waals surface area contributed by atoms with E-state index in [0.29, 0.717) is 0 Å². The maximum Gasteiger partial charge on any atom is 2.00 e. The first-order valence-electron chi connectivity index (χ1n) is 15.7. The third-order valence-corrected chi connectivity index (χ3v) is 8.08. The molecule has 0 aromatic carbocycles. The summed E-state index contributed by atoms with van der Waals surface area (Å²) in [5.74, 6) is 0. The van der Waals surface area contributed by atoms with Crippen LogP contribution in [0, 0.1) is 0 Å². The Balaban J connectivity index is 0.000000139. The average molecular weight is 686 g/mol. The Morgan fingerprint density at radius 1 is 0.245 bits per heavy atom. The van der Waals surface area contributed by atoms with Crippen molar-refractivity contribution in [3.05, 3.63) is 143 Å². The van der Waals surface area contributed by atoms with Gasteiger partial charge in [-0.2, -0.15) is 0 Å². The van der Waals surface area contributed by atoms with Crippen LogP contribution in [0.15, 0.2) is 97.1 Å². The molecular formula is C40H28N8Zn+2. The molecule has 0 spiro atoms. The molecule has 0 atom stereocenters. The molecule has 0 fully saturated rings. The summed E-state index contributed by atoms with van der Waals surface area (Å²) in [6.07, 6.45) is 16.1. The number of rotatable bonds is 0. The van der Waals surface area contributed by atoms with E-state index in [9.17, 15) is 0 Å². The molecular weight excluding hydrogens is 658 g/mol. The van der Waals surface area contributed by atoms with Gasteiger partial charge in [-0.25, -0.2) is 19.9 Å². The molecule has 10 rings (SSSR count). The molecule has 4 aliphatic heterocycles. The fourth-order valence-corrected chi connectivity index (χ4v) is 5.89. The van der Waals surface area contributed by atoms with Gasteiger partial charge in [-0.05, 0) is 146 Å². The minimum absolute atomic E-state index is 0. The molecule has 4 aliphatic rings. The van der Waals surface area contributed by atoms with Gasteiger partial charge in [0.15, 0.2) is 0 Å². The molecule has 0 saturated heterocycles. The number of H-pyrrole nitrogens is 4. The number of fused-ring (bicyclic) bond motifs is 16. The van der Waals surface area contributed by atoms with Gasteiger partial charge in [-0.1, -0.05) is 0 Å². The second-order valence-electron chi connectivity index (χ2n) is 11.8. The molecule has 0 aliphatic carbocycles. The van der Waals surface area contributed by atoms with E-state index in [1.54, 1.807) is 0 Å². The quantitative estimate of drug-likeness (QED) is 0.119. The summed E-state index contributed by atoms with van der Waals surface area (Å²) in [6, 6.07) is 32.8. The van der Waals surface area contributed by atoms with Gasteiger partial charge < -0.3 is 19.9 Å². The van der Waals surface area contributed by atoms with Crippen LogP contribution < -0.4 is 0 Å². The molecule has 0 unspecified atom stereocenters. The predicted molar refractivity (Wildman–Crippen MR) is 198 cm³/mol. The van der Waals surface area contributed by atoms with E-state index < -0.39 is 0 Å². The van der Waals surface area contributed by atoms with Crippen LogP contribution in [-0.2, 0) is 19.5 Å². The predicted octanol–water partition coefficient (Wildman–Crippen LogP) is 9.31. The molecule has 4 N–H and O–H groups in total. The first-order chi connectivity index (χ1) is 23.6. The van der Waals surface area contributed by atoms with Gasteiger partial charge in [0.1, 0.15) is 0 Å². The van der Waals surface area contributed by atoms with Gasteiger partial charge in [0.05, 0.1) is 45.6 Å². The van der Waals surface area contributed by atoms with Crippen LogP contribution in [0.1, 0.15) is 45.6 Å². The van der Waals surface area contributed by atoms with Gasteiger partial charge in [-0.15, -0.1) is 0 Å². The van der Waals surface area contributed by atoms with Crippen LogP contribution in [0.3, 0.4) is 0 Å². The zero-order chi connectivity index (χ0) is 31.9. The molecule has 10 heterocycles. The summed E-state index contributed by atoms with van der Waals surface area (Å²) in [7, 11) is 0. The van der Waals surface area contributed by atoms with E-state index >= 15 is 0 Å². The van der Waals surface area contributed by atoms with Crippen LogP contribution in [-0.4, -0.2) is 39.9 Å². The number of nitrogens with zero attached hydrogens (tertiary/aromatic N) is 4. The largest absolute Gasteiger partial charge is 2.00 e. The monoisotopic (exact) mass is 684 g/mol. The van der Waals surface area contributed by atoms with Crippen LogP contribution >= 0.6 is 0 Å². The van der Waals surface area contributed by atoms with Crippen molar-refractivity contribution in [2.75, 3.05) is 0 Å². The van der Waals surface area contributed by atoms with E-state index in [1.165, 1.54) is 0 Å². The van der Waals surface area contributed by atoms with Crippen LogP contribution in [0.4, 0.5) is 0 Å². The molecule has 8 nitrogen and oxygen atoms in total. The van der Waals surface area contributed by atoms with E-state index in [-0.39, 0.29) is 19.5 Å². The number of aromatic amines is 4. The van der Waals surface area contributed by atoms with Gasteiger partial charge in [0.2, 0.25) is 0 Å². The number of hydrogen-bond acceptors (Lipinski definition) is 4. The Kier molecular flexibility index (Phi) is 7.88. The third-order valence-electron chi connectivity index (χ3n) is 8.08. The van der Waals surface area contributed by atoms with Crippen molar-refractivity contribution in [2.24, 2.45) is 0 Å².